The van der Waals surface area contributed by atoms with Gasteiger partial charge in [0.1, 0.15) is 0 Å². The van der Waals surface area contributed by atoms with E-state index in [-0.39, 0.29) is 5.84 Å². The van der Waals surface area contributed by atoms with Gasteiger partial charge in [-0.25, -0.2) is 0 Å². The van der Waals surface area contributed by atoms with Gasteiger partial charge in [0.05, 0.1) is 0 Å². The SMILES string of the molecule is NC(=NO)c1ccc(N2CCN(C3CCCCC3)CC2)cc1. The third-order valence-corrected chi connectivity index (χ3v) is 5.04. The van der Waals surface area contributed by atoms with E-state index >= 15 is 0 Å². The third kappa shape index (κ3) is 3.35. The van der Waals surface area contributed by atoms with Gasteiger partial charge in [0.15, 0.2) is 5.84 Å². The predicted molar refractivity (Wildman–Crippen MR) is 89.6 cm³/mol. The van der Waals surface area contributed by atoms with Crippen molar-refractivity contribution in [2.45, 2.75) is 38.1 Å². The lowest BCUT2D eigenvalue weighted by Crippen LogP contribution is -2.50. The maximum atomic E-state index is 8.71. The molecule has 1 aromatic carbocycles. The smallest absolute Gasteiger partial charge is 0.170 e. The van der Waals surface area contributed by atoms with Crippen LogP contribution in [-0.2, 0) is 0 Å². The van der Waals surface area contributed by atoms with Crippen LogP contribution >= 0.6 is 0 Å². The molecule has 1 aromatic rings. The first kappa shape index (κ1) is 15.2. The van der Waals surface area contributed by atoms with Gasteiger partial charge in [0, 0.05) is 43.5 Å². The Morgan fingerprint density at radius 1 is 1.00 bits per heavy atom. The zero-order valence-corrected chi connectivity index (χ0v) is 13.1. The average molecular weight is 302 g/mol. The second-order valence-corrected chi connectivity index (χ2v) is 6.35. The molecule has 120 valence electrons. The summed E-state index contributed by atoms with van der Waals surface area (Å²) in [6.07, 6.45) is 6.99. The molecule has 2 aliphatic rings. The molecule has 0 amide bonds. The van der Waals surface area contributed by atoms with E-state index in [1.54, 1.807) is 0 Å². The van der Waals surface area contributed by atoms with Crippen LogP contribution in [0.15, 0.2) is 29.4 Å². The summed E-state index contributed by atoms with van der Waals surface area (Å²) in [5.74, 6) is 0.161. The van der Waals surface area contributed by atoms with Crippen LogP contribution in [0.5, 0.6) is 0 Å². The molecule has 0 bridgehead atoms. The van der Waals surface area contributed by atoms with Gasteiger partial charge in [-0.3, -0.25) is 4.90 Å². The number of benzene rings is 1. The van der Waals surface area contributed by atoms with Crippen molar-refractivity contribution in [3.8, 4) is 0 Å². The summed E-state index contributed by atoms with van der Waals surface area (Å²) in [6, 6.07) is 8.77. The fourth-order valence-electron chi connectivity index (χ4n) is 3.69. The Hall–Kier alpha value is -1.75. The van der Waals surface area contributed by atoms with Gasteiger partial charge in [0.25, 0.3) is 0 Å². The van der Waals surface area contributed by atoms with E-state index in [0.717, 1.165) is 37.8 Å². The lowest BCUT2D eigenvalue weighted by atomic mass is 9.94. The molecule has 1 saturated heterocycles. The highest BCUT2D eigenvalue weighted by atomic mass is 16.4. The number of hydrogen-bond acceptors (Lipinski definition) is 4. The summed E-state index contributed by atoms with van der Waals surface area (Å²) in [4.78, 5) is 5.11. The summed E-state index contributed by atoms with van der Waals surface area (Å²) < 4.78 is 0. The molecule has 1 saturated carbocycles. The second kappa shape index (κ2) is 7.01. The molecule has 22 heavy (non-hydrogen) atoms. The van der Waals surface area contributed by atoms with Crippen molar-refractivity contribution in [1.29, 1.82) is 0 Å². The molecule has 0 aromatic heterocycles. The first-order valence-electron chi connectivity index (χ1n) is 8.35. The van der Waals surface area contributed by atoms with Crippen LogP contribution in [0.4, 0.5) is 5.69 Å². The van der Waals surface area contributed by atoms with Gasteiger partial charge in [-0.2, -0.15) is 0 Å². The molecule has 1 aliphatic carbocycles. The summed E-state index contributed by atoms with van der Waals surface area (Å²) in [5, 5.41) is 11.7. The van der Waals surface area contributed by atoms with Crippen LogP contribution in [-0.4, -0.2) is 48.2 Å². The lowest BCUT2D eigenvalue weighted by molar-refractivity contribution is 0.148. The first-order valence-corrected chi connectivity index (χ1v) is 8.35. The van der Waals surface area contributed by atoms with Crippen molar-refractivity contribution in [2.24, 2.45) is 10.9 Å². The number of nitrogens with zero attached hydrogens (tertiary/aromatic N) is 3. The highest BCUT2D eigenvalue weighted by molar-refractivity contribution is 5.97. The molecular weight excluding hydrogens is 276 g/mol. The maximum Gasteiger partial charge on any atom is 0.170 e. The van der Waals surface area contributed by atoms with Crippen molar-refractivity contribution in [2.75, 3.05) is 31.1 Å². The lowest BCUT2D eigenvalue weighted by Gasteiger charge is -2.41. The molecule has 5 heteroatoms. The number of amidine groups is 1. The molecule has 0 spiro atoms. The highest BCUT2D eigenvalue weighted by Crippen LogP contribution is 2.25. The molecule has 1 heterocycles. The van der Waals surface area contributed by atoms with Crippen LogP contribution in [0.25, 0.3) is 0 Å². The Kier molecular flexibility index (Phi) is 4.83. The molecule has 0 radical (unpaired) electrons. The van der Waals surface area contributed by atoms with Crippen LogP contribution < -0.4 is 10.6 Å². The highest BCUT2D eigenvalue weighted by Gasteiger charge is 2.25. The first-order chi connectivity index (χ1) is 10.8. The summed E-state index contributed by atoms with van der Waals surface area (Å²) in [7, 11) is 0. The quantitative estimate of drug-likeness (QED) is 0.389. The number of hydrogen-bond donors (Lipinski definition) is 2. The topological polar surface area (TPSA) is 65.1 Å². The molecule has 3 rings (SSSR count). The molecule has 1 aliphatic heterocycles. The largest absolute Gasteiger partial charge is 0.409 e. The number of oxime groups is 1. The van der Waals surface area contributed by atoms with E-state index in [2.05, 4.69) is 27.1 Å². The van der Waals surface area contributed by atoms with Crippen molar-refractivity contribution < 1.29 is 5.21 Å². The molecule has 3 N–H and O–H groups in total. The second-order valence-electron chi connectivity index (χ2n) is 6.35. The van der Waals surface area contributed by atoms with E-state index in [0.29, 0.717) is 0 Å². The predicted octanol–water partition coefficient (Wildman–Crippen LogP) is 2.24. The molecule has 5 nitrogen and oxygen atoms in total. The number of rotatable bonds is 3. The van der Waals surface area contributed by atoms with Crippen molar-refractivity contribution in [3.63, 3.8) is 0 Å². The van der Waals surface area contributed by atoms with E-state index in [1.807, 2.05) is 12.1 Å². The minimum absolute atomic E-state index is 0.161. The minimum atomic E-state index is 0.161. The zero-order valence-electron chi connectivity index (χ0n) is 13.1. The maximum absolute atomic E-state index is 8.71. The Labute approximate surface area is 132 Å². The molecule has 0 unspecified atom stereocenters. The fraction of sp³-hybridized carbons (Fsp3) is 0.588. The minimum Gasteiger partial charge on any atom is -0.409 e. The Morgan fingerprint density at radius 2 is 1.64 bits per heavy atom. The standard InChI is InChI=1S/C17H26N4O/c18-17(19-22)14-6-8-16(9-7-14)21-12-10-20(11-13-21)15-4-2-1-3-5-15/h6-9,15,22H,1-5,10-13H2,(H2,18,19). The van der Waals surface area contributed by atoms with E-state index in [1.165, 1.54) is 37.8 Å². The van der Waals surface area contributed by atoms with Gasteiger partial charge in [-0.15, -0.1) is 0 Å². The molecule has 0 atom stereocenters. The normalized spacial score (nSPS) is 22.0. The Morgan fingerprint density at radius 3 is 2.23 bits per heavy atom. The fourth-order valence-corrected chi connectivity index (χ4v) is 3.69. The van der Waals surface area contributed by atoms with Crippen LogP contribution in [0.2, 0.25) is 0 Å². The van der Waals surface area contributed by atoms with Crippen LogP contribution in [0, 0.1) is 0 Å². The van der Waals surface area contributed by atoms with E-state index in [4.69, 9.17) is 10.9 Å². The number of piperazine rings is 1. The van der Waals surface area contributed by atoms with Gasteiger partial charge in [0.2, 0.25) is 0 Å². The van der Waals surface area contributed by atoms with Crippen LogP contribution in [0.1, 0.15) is 37.7 Å². The van der Waals surface area contributed by atoms with E-state index in [9.17, 15) is 0 Å². The monoisotopic (exact) mass is 302 g/mol. The summed E-state index contributed by atoms with van der Waals surface area (Å²) in [5.41, 5.74) is 7.58. The number of anilines is 1. The summed E-state index contributed by atoms with van der Waals surface area (Å²) >= 11 is 0. The van der Waals surface area contributed by atoms with E-state index < -0.39 is 0 Å². The van der Waals surface area contributed by atoms with Gasteiger partial charge in [-0.05, 0) is 37.1 Å². The Balaban J connectivity index is 1.56. The van der Waals surface area contributed by atoms with Crippen molar-refractivity contribution >= 4 is 11.5 Å². The molecule has 2 fully saturated rings. The van der Waals surface area contributed by atoms with Crippen molar-refractivity contribution in [3.05, 3.63) is 29.8 Å². The zero-order chi connectivity index (χ0) is 15.4. The summed E-state index contributed by atoms with van der Waals surface area (Å²) in [6.45, 7) is 4.48. The Bertz CT molecular complexity index is 500. The van der Waals surface area contributed by atoms with Gasteiger partial charge in [-0.1, -0.05) is 24.4 Å². The third-order valence-electron chi connectivity index (χ3n) is 5.04. The van der Waals surface area contributed by atoms with Crippen molar-refractivity contribution in [1.82, 2.24) is 4.90 Å². The van der Waals surface area contributed by atoms with Crippen LogP contribution in [0.3, 0.4) is 0 Å². The average Bonchev–Trinajstić information content (AvgIpc) is 2.62. The number of nitrogens with two attached hydrogens (primary N) is 1. The van der Waals surface area contributed by atoms with Gasteiger partial charge < -0.3 is 15.8 Å². The van der Waals surface area contributed by atoms with Gasteiger partial charge >= 0.3 is 0 Å². The molecular formula is C17H26N4O.